The van der Waals surface area contributed by atoms with Gasteiger partial charge < -0.3 is 10.8 Å². The number of anilines is 3. The lowest BCUT2D eigenvalue weighted by Crippen LogP contribution is -2.10. The van der Waals surface area contributed by atoms with E-state index < -0.39 is 10.8 Å². The number of nitro groups is 1. The van der Waals surface area contributed by atoms with Crippen molar-refractivity contribution in [3.05, 3.63) is 34.4 Å². The van der Waals surface area contributed by atoms with E-state index in [1.165, 1.54) is 12.1 Å². The van der Waals surface area contributed by atoms with Gasteiger partial charge in [-0.2, -0.15) is 0 Å². The Morgan fingerprint density at radius 3 is 2.67 bits per heavy atom. The molecule has 0 spiro atoms. The normalized spacial score (nSPS) is 10.0. The van der Waals surface area contributed by atoms with E-state index in [4.69, 9.17) is 5.73 Å². The number of aromatic nitrogens is 1. The Morgan fingerprint density at radius 1 is 1.33 bits per heavy atom. The molecule has 0 saturated heterocycles. The van der Waals surface area contributed by atoms with E-state index in [0.29, 0.717) is 0 Å². The SMILES string of the molecule is Nc1nc([O-])c(NNc2ccccc2[N+](=O)[O-])s1. The summed E-state index contributed by atoms with van der Waals surface area (Å²) in [6, 6.07) is 6.05. The van der Waals surface area contributed by atoms with Gasteiger partial charge in [0.25, 0.3) is 5.69 Å². The Labute approximate surface area is 105 Å². The van der Waals surface area contributed by atoms with E-state index in [1.54, 1.807) is 12.1 Å². The van der Waals surface area contributed by atoms with Crippen LogP contribution in [0.25, 0.3) is 0 Å². The van der Waals surface area contributed by atoms with Gasteiger partial charge >= 0.3 is 0 Å². The van der Waals surface area contributed by atoms with Crippen molar-refractivity contribution in [2.45, 2.75) is 0 Å². The predicted octanol–water partition coefficient (Wildman–Crippen LogP) is 1.15. The number of hydrazine groups is 1. The predicted molar refractivity (Wildman–Crippen MR) is 66.3 cm³/mol. The van der Waals surface area contributed by atoms with E-state index in [0.717, 1.165) is 11.3 Å². The molecule has 0 amide bonds. The van der Waals surface area contributed by atoms with Crippen molar-refractivity contribution in [2.75, 3.05) is 16.6 Å². The van der Waals surface area contributed by atoms with Crippen LogP contribution in [-0.2, 0) is 0 Å². The fourth-order valence-corrected chi connectivity index (χ4v) is 1.84. The van der Waals surface area contributed by atoms with Crippen LogP contribution in [0, 0.1) is 10.1 Å². The number of nitrogens with zero attached hydrogens (tertiary/aromatic N) is 2. The molecule has 8 nitrogen and oxygen atoms in total. The number of nitro benzene ring substituents is 1. The van der Waals surface area contributed by atoms with Crippen molar-refractivity contribution < 1.29 is 10.0 Å². The first-order chi connectivity index (χ1) is 8.58. The van der Waals surface area contributed by atoms with Gasteiger partial charge in [-0.1, -0.05) is 23.5 Å². The number of benzene rings is 1. The monoisotopic (exact) mass is 266 g/mol. The molecule has 0 aliphatic rings. The molecule has 0 bridgehead atoms. The Hall–Kier alpha value is -2.55. The molecule has 2 aromatic rings. The third kappa shape index (κ3) is 2.40. The second-order valence-corrected chi connectivity index (χ2v) is 4.24. The van der Waals surface area contributed by atoms with Crippen molar-refractivity contribution in [1.29, 1.82) is 0 Å². The first kappa shape index (κ1) is 11.9. The number of hydrogen-bond donors (Lipinski definition) is 3. The summed E-state index contributed by atoms with van der Waals surface area (Å²) in [6.07, 6.45) is 0. The highest BCUT2D eigenvalue weighted by molar-refractivity contribution is 7.19. The molecule has 4 N–H and O–H groups in total. The van der Waals surface area contributed by atoms with E-state index in [2.05, 4.69) is 15.8 Å². The average molecular weight is 266 g/mol. The lowest BCUT2D eigenvalue weighted by molar-refractivity contribution is -0.383. The minimum atomic E-state index is -0.525. The van der Waals surface area contributed by atoms with Crippen molar-refractivity contribution in [1.82, 2.24) is 4.98 Å². The molecule has 1 aromatic heterocycles. The van der Waals surface area contributed by atoms with Crippen LogP contribution in [0.4, 0.5) is 21.5 Å². The number of hydrogen-bond acceptors (Lipinski definition) is 8. The molecule has 1 heterocycles. The molecule has 0 atom stereocenters. The highest BCUT2D eigenvalue weighted by Crippen LogP contribution is 2.30. The largest absolute Gasteiger partial charge is 0.856 e. The number of nitrogen functional groups attached to an aromatic ring is 1. The zero-order valence-corrected chi connectivity index (χ0v) is 9.73. The highest BCUT2D eigenvalue weighted by atomic mass is 32.1. The number of thiazole rings is 1. The molecule has 0 saturated carbocycles. The van der Waals surface area contributed by atoms with Crippen LogP contribution in [0.15, 0.2) is 24.3 Å². The molecule has 1 aromatic carbocycles. The van der Waals surface area contributed by atoms with E-state index >= 15 is 0 Å². The number of para-hydroxylation sites is 2. The first-order valence-electron chi connectivity index (χ1n) is 4.76. The van der Waals surface area contributed by atoms with Gasteiger partial charge in [0.05, 0.1) is 4.92 Å². The van der Waals surface area contributed by atoms with Crippen LogP contribution in [-0.4, -0.2) is 9.91 Å². The lowest BCUT2D eigenvalue weighted by atomic mass is 10.3. The molecule has 0 fully saturated rings. The summed E-state index contributed by atoms with van der Waals surface area (Å²) < 4.78 is 0. The third-order valence-electron chi connectivity index (χ3n) is 2.02. The molecule has 0 unspecified atom stereocenters. The summed E-state index contributed by atoms with van der Waals surface area (Å²) >= 11 is 0.959. The molecular formula is C9H8N5O3S-. The van der Waals surface area contributed by atoms with Crippen LogP contribution in [0.1, 0.15) is 0 Å². The van der Waals surface area contributed by atoms with Gasteiger partial charge in [-0.3, -0.25) is 21.0 Å². The third-order valence-corrected chi connectivity index (χ3v) is 2.81. The zero-order valence-electron chi connectivity index (χ0n) is 8.91. The fourth-order valence-electron chi connectivity index (χ4n) is 1.26. The maximum atomic E-state index is 11.3. The van der Waals surface area contributed by atoms with E-state index in [-0.39, 0.29) is 21.5 Å². The quantitative estimate of drug-likeness (QED) is 0.559. The molecule has 2 rings (SSSR count). The van der Waals surface area contributed by atoms with Crippen LogP contribution < -0.4 is 21.7 Å². The van der Waals surface area contributed by atoms with Gasteiger partial charge in [-0.15, -0.1) is 0 Å². The number of nitrogens with one attached hydrogen (secondary N) is 2. The van der Waals surface area contributed by atoms with Gasteiger partial charge in [0.1, 0.15) is 10.7 Å². The highest BCUT2D eigenvalue weighted by Gasteiger charge is 2.12. The van der Waals surface area contributed by atoms with Crippen molar-refractivity contribution in [3.8, 4) is 5.88 Å². The van der Waals surface area contributed by atoms with Crippen molar-refractivity contribution in [3.63, 3.8) is 0 Å². The molecule has 0 aliphatic carbocycles. The number of rotatable bonds is 4. The van der Waals surface area contributed by atoms with Gasteiger partial charge in [0.15, 0.2) is 5.13 Å². The van der Waals surface area contributed by atoms with Gasteiger partial charge in [0, 0.05) is 11.9 Å². The summed E-state index contributed by atoms with van der Waals surface area (Å²) in [5.74, 6) is -0.511. The number of nitrogens with two attached hydrogens (primary N) is 1. The molecule has 18 heavy (non-hydrogen) atoms. The fraction of sp³-hybridized carbons (Fsp3) is 0. The second-order valence-electron chi connectivity index (χ2n) is 3.21. The Balaban J connectivity index is 2.15. The van der Waals surface area contributed by atoms with Crippen molar-refractivity contribution >= 4 is 32.8 Å². The van der Waals surface area contributed by atoms with Gasteiger partial charge in [-0.05, 0) is 6.07 Å². The lowest BCUT2D eigenvalue weighted by Gasteiger charge is -2.10. The van der Waals surface area contributed by atoms with Crippen LogP contribution >= 0.6 is 11.3 Å². The van der Waals surface area contributed by atoms with Gasteiger partial charge in [-0.25, -0.2) is 4.98 Å². The Kier molecular flexibility index (Phi) is 3.15. The molecule has 9 heteroatoms. The topological polar surface area (TPSA) is 129 Å². The molecule has 0 aliphatic heterocycles. The standard InChI is InChI=1S/C9H9N5O3S/c10-9-11-7(15)8(18-9)13-12-5-3-1-2-4-6(5)14(16)17/h1-4,12-13,15H,(H2,10,11)/p-1. The smallest absolute Gasteiger partial charge is 0.294 e. The minimum absolute atomic E-state index is 0.102. The maximum absolute atomic E-state index is 11.3. The summed E-state index contributed by atoms with van der Waals surface area (Å²) in [7, 11) is 0. The summed E-state index contributed by atoms with van der Waals surface area (Å²) in [5.41, 5.74) is 10.6. The molecule has 94 valence electrons. The average Bonchev–Trinajstić information content (AvgIpc) is 2.65. The Morgan fingerprint density at radius 2 is 2.06 bits per heavy atom. The Bertz CT molecular complexity index is 585. The molecule has 0 radical (unpaired) electrons. The zero-order chi connectivity index (χ0) is 13.1. The summed E-state index contributed by atoms with van der Waals surface area (Å²) in [4.78, 5) is 13.7. The summed E-state index contributed by atoms with van der Waals surface area (Å²) in [5, 5.41) is 22.3. The van der Waals surface area contributed by atoms with E-state index in [1.807, 2.05) is 0 Å². The minimum Gasteiger partial charge on any atom is -0.856 e. The second kappa shape index (κ2) is 4.75. The summed E-state index contributed by atoms with van der Waals surface area (Å²) in [6.45, 7) is 0. The van der Waals surface area contributed by atoms with Crippen molar-refractivity contribution in [2.24, 2.45) is 0 Å². The van der Waals surface area contributed by atoms with Gasteiger partial charge in [0.2, 0.25) is 0 Å². The molecular weight excluding hydrogens is 258 g/mol. The van der Waals surface area contributed by atoms with E-state index in [9.17, 15) is 15.2 Å². The van der Waals surface area contributed by atoms with Crippen LogP contribution in [0.2, 0.25) is 0 Å². The van der Waals surface area contributed by atoms with Crippen LogP contribution in [0.3, 0.4) is 0 Å². The van der Waals surface area contributed by atoms with Crippen LogP contribution in [0.5, 0.6) is 5.88 Å². The maximum Gasteiger partial charge on any atom is 0.294 e. The first-order valence-corrected chi connectivity index (χ1v) is 5.58.